The smallest absolute Gasteiger partial charge is 0.112 e. The van der Waals surface area contributed by atoms with Gasteiger partial charge in [-0.05, 0) is 23.6 Å². The lowest BCUT2D eigenvalue weighted by molar-refractivity contribution is 0.772. The van der Waals surface area contributed by atoms with Crippen LogP contribution in [-0.4, -0.2) is 16.1 Å². The summed E-state index contributed by atoms with van der Waals surface area (Å²) in [5.74, 6) is 1.52. The molecule has 3 heteroatoms. The maximum atomic E-state index is 5.66. The molecule has 0 saturated heterocycles. The van der Waals surface area contributed by atoms with Gasteiger partial charge in [0.05, 0.1) is 0 Å². The van der Waals surface area contributed by atoms with E-state index in [4.69, 9.17) is 5.73 Å². The van der Waals surface area contributed by atoms with Crippen LogP contribution in [0, 0.1) is 0 Å². The summed E-state index contributed by atoms with van der Waals surface area (Å²) in [5, 5.41) is 0. The molecule has 0 aliphatic carbocycles. The normalized spacial score (nSPS) is 12.6. The Hall–Kier alpha value is -1.61. The second-order valence-corrected chi connectivity index (χ2v) is 4.51. The molecular weight excluding hydrogens is 210 g/mol. The van der Waals surface area contributed by atoms with Gasteiger partial charge in [0.25, 0.3) is 0 Å². The molecule has 0 bridgehead atoms. The van der Waals surface area contributed by atoms with E-state index in [1.165, 1.54) is 11.1 Å². The number of rotatable bonds is 4. The topological polar surface area (TPSA) is 43.8 Å². The van der Waals surface area contributed by atoms with Crippen molar-refractivity contribution < 1.29 is 0 Å². The minimum absolute atomic E-state index is 0.428. The Labute approximate surface area is 102 Å². The van der Waals surface area contributed by atoms with Crippen LogP contribution in [0.2, 0.25) is 0 Å². The zero-order chi connectivity index (χ0) is 12.3. The van der Waals surface area contributed by atoms with Crippen LogP contribution in [0.3, 0.4) is 0 Å². The maximum absolute atomic E-state index is 5.66. The zero-order valence-electron chi connectivity index (χ0n) is 10.4. The third-order valence-electron chi connectivity index (χ3n) is 3.19. The van der Waals surface area contributed by atoms with E-state index in [1.807, 2.05) is 19.4 Å². The number of nitrogens with zero attached hydrogens (tertiary/aromatic N) is 2. The van der Waals surface area contributed by atoms with Crippen molar-refractivity contribution in [3.05, 3.63) is 53.6 Å². The largest absolute Gasteiger partial charge is 0.338 e. The Kier molecular flexibility index (Phi) is 3.59. The van der Waals surface area contributed by atoms with E-state index >= 15 is 0 Å². The Morgan fingerprint density at radius 1 is 1.29 bits per heavy atom. The number of benzene rings is 1. The van der Waals surface area contributed by atoms with Crippen LogP contribution >= 0.6 is 0 Å². The van der Waals surface area contributed by atoms with E-state index in [9.17, 15) is 0 Å². The van der Waals surface area contributed by atoms with Gasteiger partial charge >= 0.3 is 0 Å². The van der Waals surface area contributed by atoms with Gasteiger partial charge in [0.2, 0.25) is 0 Å². The first kappa shape index (κ1) is 11.9. The number of aromatic nitrogens is 2. The molecule has 1 atom stereocenters. The van der Waals surface area contributed by atoms with Crippen molar-refractivity contribution in [3.8, 4) is 0 Å². The molecular formula is C14H19N3. The number of imidazole rings is 1. The molecule has 0 saturated carbocycles. The summed E-state index contributed by atoms with van der Waals surface area (Å²) >= 11 is 0. The highest BCUT2D eigenvalue weighted by molar-refractivity contribution is 5.27. The molecule has 90 valence electrons. The summed E-state index contributed by atoms with van der Waals surface area (Å²) < 4.78 is 2.05. The molecule has 1 aromatic carbocycles. The van der Waals surface area contributed by atoms with Gasteiger partial charge in [-0.2, -0.15) is 0 Å². The first-order valence-electron chi connectivity index (χ1n) is 5.96. The van der Waals surface area contributed by atoms with Crippen molar-refractivity contribution in [2.45, 2.75) is 19.3 Å². The van der Waals surface area contributed by atoms with E-state index in [1.54, 1.807) is 0 Å². The van der Waals surface area contributed by atoms with Gasteiger partial charge in [0, 0.05) is 25.9 Å². The maximum Gasteiger partial charge on any atom is 0.112 e. The third kappa shape index (κ3) is 2.74. The van der Waals surface area contributed by atoms with Gasteiger partial charge in [-0.1, -0.05) is 31.2 Å². The van der Waals surface area contributed by atoms with Crippen molar-refractivity contribution >= 4 is 0 Å². The van der Waals surface area contributed by atoms with Crippen LogP contribution < -0.4 is 5.73 Å². The molecule has 1 unspecified atom stereocenters. The SMILES string of the molecule is CC(CN)c1ccc(Cc2nccn2C)cc1. The van der Waals surface area contributed by atoms with Gasteiger partial charge in [0.15, 0.2) is 0 Å². The summed E-state index contributed by atoms with van der Waals surface area (Å²) in [6, 6.07) is 8.65. The predicted octanol–water partition coefficient (Wildman–Crippen LogP) is 2.07. The van der Waals surface area contributed by atoms with Crippen molar-refractivity contribution in [2.24, 2.45) is 12.8 Å². The Morgan fingerprint density at radius 2 is 2.00 bits per heavy atom. The molecule has 2 aromatic rings. The molecule has 1 aromatic heterocycles. The molecule has 0 radical (unpaired) electrons. The van der Waals surface area contributed by atoms with E-state index in [0.29, 0.717) is 12.5 Å². The molecule has 17 heavy (non-hydrogen) atoms. The summed E-state index contributed by atoms with van der Waals surface area (Å²) in [7, 11) is 2.02. The Morgan fingerprint density at radius 3 is 2.53 bits per heavy atom. The monoisotopic (exact) mass is 229 g/mol. The fraction of sp³-hybridized carbons (Fsp3) is 0.357. The standard InChI is InChI=1S/C14H19N3/c1-11(10-15)13-5-3-12(4-6-13)9-14-16-7-8-17(14)2/h3-8,11H,9-10,15H2,1-2H3. The third-order valence-corrected chi connectivity index (χ3v) is 3.19. The van der Waals surface area contributed by atoms with Gasteiger partial charge in [-0.25, -0.2) is 4.98 Å². The fourth-order valence-corrected chi connectivity index (χ4v) is 1.85. The quantitative estimate of drug-likeness (QED) is 0.872. The van der Waals surface area contributed by atoms with Gasteiger partial charge in [-0.3, -0.25) is 0 Å². The Balaban J connectivity index is 2.11. The summed E-state index contributed by atoms with van der Waals surface area (Å²) in [5.41, 5.74) is 8.24. The molecule has 0 amide bonds. The van der Waals surface area contributed by atoms with E-state index in [0.717, 1.165) is 12.2 Å². The minimum atomic E-state index is 0.428. The number of hydrogen-bond acceptors (Lipinski definition) is 2. The van der Waals surface area contributed by atoms with E-state index < -0.39 is 0 Å². The number of aryl methyl sites for hydroxylation is 1. The van der Waals surface area contributed by atoms with Crippen molar-refractivity contribution in [2.75, 3.05) is 6.54 Å². The average Bonchev–Trinajstić information content (AvgIpc) is 2.75. The fourth-order valence-electron chi connectivity index (χ4n) is 1.85. The predicted molar refractivity (Wildman–Crippen MR) is 69.9 cm³/mol. The average molecular weight is 229 g/mol. The lowest BCUT2D eigenvalue weighted by atomic mass is 9.99. The molecule has 0 spiro atoms. The summed E-state index contributed by atoms with van der Waals surface area (Å²) in [4.78, 5) is 4.33. The first-order chi connectivity index (χ1) is 8.20. The highest BCUT2D eigenvalue weighted by Gasteiger charge is 2.04. The lowest BCUT2D eigenvalue weighted by Gasteiger charge is -2.09. The molecule has 0 aliphatic rings. The van der Waals surface area contributed by atoms with Crippen LogP contribution in [0.25, 0.3) is 0 Å². The van der Waals surface area contributed by atoms with E-state index in [2.05, 4.69) is 40.7 Å². The second-order valence-electron chi connectivity index (χ2n) is 4.51. The van der Waals surface area contributed by atoms with Crippen molar-refractivity contribution in [1.29, 1.82) is 0 Å². The molecule has 2 N–H and O–H groups in total. The molecule has 0 fully saturated rings. The molecule has 0 aliphatic heterocycles. The first-order valence-corrected chi connectivity index (χ1v) is 5.96. The van der Waals surface area contributed by atoms with Crippen LogP contribution in [0.1, 0.15) is 29.8 Å². The van der Waals surface area contributed by atoms with Gasteiger partial charge < -0.3 is 10.3 Å². The summed E-state index contributed by atoms with van der Waals surface area (Å²) in [6.45, 7) is 2.84. The van der Waals surface area contributed by atoms with Gasteiger partial charge in [-0.15, -0.1) is 0 Å². The Bertz CT molecular complexity index is 470. The number of hydrogen-bond donors (Lipinski definition) is 1. The summed E-state index contributed by atoms with van der Waals surface area (Å²) in [6.07, 6.45) is 4.68. The van der Waals surface area contributed by atoms with Gasteiger partial charge in [0.1, 0.15) is 5.82 Å². The minimum Gasteiger partial charge on any atom is -0.338 e. The van der Waals surface area contributed by atoms with Crippen LogP contribution in [0.15, 0.2) is 36.7 Å². The highest BCUT2D eigenvalue weighted by atomic mass is 15.0. The second kappa shape index (κ2) is 5.15. The molecule has 3 nitrogen and oxygen atoms in total. The number of nitrogens with two attached hydrogens (primary N) is 1. The van der Waals surface area contributed by atoms with Crippen molar-refractivity contribution in [3.63, 3.8) is 0 Å². The molecule has 2 rings (SSSR count). The van der Waals surface area contributed by atoms with Crippen molar-refractivity contribution in [1.82, 2.24) is 9.55 Å². The van der Waals surface area contributed by atoms with Crippen LogP contribution in [-0.2, 0) is 13.5 Å². The zero-order valence-corrected chi connectivity index (χ0v) is 10.4. The van der Waals surface area contributed by atoms with E-state index in [-0.39, 0.29) is 0 Å². The molecule has 1 heterocycles. The van der Waals surface area contributed by atoms with Crippen LogP contribution in [0.4, 0.5) is 0 Å². The lowest BCUT2D eigenvalue weighted by Crippen LogP contribution is -2.08. The van der Waals surface area contributed by atoms with Crippen LogP contribution in [0.5, 0.6) is 0 Å². The highest BCUT2D eigenvalue weighted by Crippen LogP contribution is 2.15.